The van der Waals surface area contributed by atoms with Crippen molar-refractivity contribution in [3.8, 4) is 5.75 Å². The normalized spacial score (nSPS) is 14.7. The molecule has 1 heterocycles. The van der Waals surface area contributed by atoms with Gasteiger partial charge in [0.25, 0.3) is 0 Å². The summed E-state index contributed by atoms with van der Waals surface area (Å²) in [5.74, 6) is 0.928. The number of nitrogens with zero attached hydrogens (tertiary/aromatic N) is 1. The maximum atomic E-state index is 5.10. The summed E-state index contributed by atoms with van der Waals surface area (Å²) in [7, 11) is 1.69. The van der Waals surface area contributed by atoms with Crippen molar-refractivity contribution in [2.24, 2.45) is 16.2 Å². The van der Waals surface area contributed by atoms with Crippen LogP contribution in [-0.4, -0.2) is 31.6 Å². The van der Waals surface area contributed by atoms with Crippen molar-refractivity contribution in [1.29, 1.82) is 0 Å². The third-order valence-corrected chi connectivity index (χ3v) is 6.10. The number of hydrogen-bond donors (Lipinski definition) is 0. The van der Waals surface area contributed by atoms with Crippen LogP contribution in [0.1, 0.15) is 99.1 Å². The number of hydrogen-bond acceptors (Lipinski definition) is 2. The fraction of sp³-hybridized carbons (Fsp3) is 0.647. The molecule has 204 valence electrons. The van der Waals surface area contributed by atoms with Crippen LogP contribution in [0.15, 0.2) is 54.6 Å². The number of ether oxygens (including phenoxy) is 1. The maximum absolute atomic E-state index is 5.10. The number of likely N-dealkylation sites (tertiary alicyclic amines) is 1. The zero-order valence-corrected chi connectivity index (χ0v) is 25.4. The van der Waals surface area contributed by atoms with Gasteiger partial charge < -0.3 is 9.64 Å². The molecule has 0 aromatic heterocycles. The molecule has 0 unspecified atom stereocenters. The SMILES string of the molecule is CC(C)(C)CCN1CCCCC1.CC(C)(C)Cc1ccccc1.COc1ccc(CC(C)(C)C)cc1. The van der Waals surface area contributed by atoms with Gasteiger partial charge in [-0.3, -0.25) is 0 Å². The molecule has 0 spiro atoms. The van der Waals surface area contributed by atoms with Crippen molar-refractivity contribution in [3.63, 3.8) is 0 Å². The minimum atomic E-state index is 0.356. The molecule has 2 nitrogen and oxygen atoms in total. The minimum absolute atomic E-state index is 0.356. The Labute approximate surface area is 224 Å². The summed E-state index contributed by atoms with van der Waals surface area (Å²) in [6.07, 6.45) is 7.90. The van der Waals surface area contributed by atoms with Crippen LogP contribution < -0.4 is 4.74 Å². The minimum Gasteiger partial charge on any atom is -0.497 e. The fourth-order valence-corrected chi connectivity index (χ4v) is 4.24. The van der Waals surface area contributed by atoms with Gasteiger partial charge in [-0.1, -0.05) is 111 Å². The molecule has 1 fully saturated rings. The fourth-order valence-electron chi connectivity index (χ4n) is 4.24. The van der Waals surface area contributed by atoms with E-state index >= 15 is 0 Å². The van der Waals surface area contributed by atoms with E-state index in [4.69, 9.17) is 4.74 Å². The first-order valence-corrected chi connectivity index (χ1v) is 14.1. The van der Waals surface area contributed by atoms with Crippen molar-refractivity contribution < 1.29 is 4.74 Å². The molecule has 0 atom stereocenters. The summed E-state index contributed by atoms with van der Waals surface area (Å²) >= 11 is 0. The molecule has 3 rings (SSSR count). The Bertz CT molecular complexity index is 797. The lowest BCUT2D eigenvalue weighted by molar-refractivity contribution is 0.196. The molecule has 2 heteroatoms. The van der Waals surface area contributed by atoms with Crippen LogP contribution in [0.2, 0.25) is 0 Å². The summed E-state index contributed by atoms with van der Waals surface area (Å²) in [5.41, 5.74) is 4.07. The molecular weight excluding hydrogens is 438 g/mol. The lowest BCUT2D eigenvalue weighted by Gasteiger charge is -2.29. The summed E-state index contributed by atoms with van der Waals surface area (Å²) in [4.78, 5) is 2.62. The molecule has 2 aromatic carbocycles. The second kappa shape index (κ2) is 15.5. The summed E-state index contributed by atoms with van der Waals surface area (Å²) < 4.78 is 5.10. The molecule has 0 radical (unpaired) electrons. The molecule has 0 amide bonds. The van der Waals surface area contributed by atoms with Crippen LogP contribution >= 0.6 is 0 Å². The van der Waals surface area contributed by atoms with Crippen LogP contribution in [0.25, 0.3) is 0 Å². The molecule has 0 bridgehead atoms. The van der Waals surface area contributed by atoms with Crippen molar-refractivity contribution in [2.75, 3.05) is 26.7 Å². The third-order valence-electron chi connectivity index (χ3n) is 6.10. The van der Waals surface area contributed by atoms with Gasteiger partial charge in [0, 0.05) is 0 Å². The zero-order chi connectivity index (χ0) is 27.2. The van der Waals surface area contributed by atoms with Gasteiger partial charge in [-0.2, -0.15) is 0 Å². The average molecular weight is 496 g/mol. The van der Waals surface area contributed by atoms with Crippen molar-refractivity contribution >= 4 is 0 Å². The number of piperidine rings is 1. The van der Waals surface area contributed by atoms with Crippen LogP contribution in [0.5, 0.6) is 5.75 Å². The van der Waals surface area contributed by atoms with Crippen molar-refractivity contribution in [1.82, 2.24) is 4.90 Å². The van der Waals surface area contributed by atoms with Crippen LogP contribution in [0.4, 0.5) is 0 Å². The largest absolute Gasteiger partial charge is 0.497 e. The number of benzene rings is 2. The van der Waals surface area contributed by atoms with Gasteiger partial charge in [-0.05, 0) is 91.2 Å². The second-order valence-electron chi connectivity index (χ2n) is 14.0. The van der Waals surface area contributed by atoms with E-state index in [1.54, 1.807) is 7.11 Å². The van der Waals surface area contributed by atoms with E-state index < -0.39 is 0 Å². The number of rotatable bonds is 5. The molecule has 1 aliphatic heterocycles. The van der Waals surface area contributed by atoms with Gasteiger partial charge >= 0.3 is 0 Å². The molecular formula is C34H57NO. The quantitative estimate of drug-likeness (QED) is 0.409. The Kier molecular flexibility index (Phi) is 13.8. The monoisotopic (exact) mass is 495 g/mol. The van der Waals surface area contributed by atoms with Gasteiger partial charge in [-0.25, -0.2) is 0 Å². The molecule has 1 aliphatic rings. The molecule has 36 heavy (non-hydrogen) atoms. The van der Waals surface area contributed by atoms with E-state index in [1.165, 1.54) is 56.4 Å². The second-order valence-corrected chi connectivity index (χ2v) is 14.0. The van der Waals surface area contributed by atoms with Gasteiger partial charge in [0.1, 0.15) is 5.75 Å². The van der Waals surface area contributed by atoms with Gasteiger partial charge in [0.15, 0.2) is 0 Å². The molecule has 2 aromatic rings. The Balaban J connectivity index is 0.000000271. The van der Waals surface area contributed by atoms with E-state index in [0.29, 0.717) is 16.2 Å². The predicted molar refractivity (Wildman–Crippen MR) is 160 cm³/mol. The highest BCUT2D eigenvalue weighted by Crippen LogP contribution is 2.22. The smallest absolute Gasteiger partial charge is 0.118 e. The molecule has 0 aliphatic carbocycles. The first kappa shape index (κ1) is 32.2. The van der Waals surface area contributed by atoms with Gasteiger partial charge in [0.2, 0.25) is 0 Å². The molecule has 0 saturated carbocycles. The van der Waals surface area contributed by atoms with E-state index in [1.807, 2.05) is 12.1 Å². The summed E-state index contributed by atoms with van der Waals surface area (Å²) in [5, 5.41) is 0. The lowest BCUT2D eigenvalue weighted by atomic mass is 9.88. The number of methoxy groups -OCH3 is 1. The molecule has 1 saturated heterocycles. The van der Waals surface area contributed by atoms with Gasteiger partial charge in [-0.15, -0.1) is 0 Å². The zero-order valence-electron chi connectivity index (χ0n) is 25.4. The third kappa shape index (κ3) is 17.6. The van der Waals surface area contributed by atoms with Crippen LogP contribution in [0, 0.1) is 16.2 Å². The highest BCUT2D eigenvalue weighted by Gasteiger charge is 2.15. The Morgan fingerprint density at radius 1 is 0.611 bits per heavy atom. The van der Waals surface area contributed by atoms with Crippen LogP contribution in [-0.2, 0) is 12.8 Å². The van der Waals surface area contributed by atoms with Gasteiger partial charge in [0.05, 0.1) is 7.11 Å². The van der Waals surface area contributed by atoms with Crippen LogP contribution in [0.3, 0.4) is 0 Å². The Morgan fingerprint density at radius 3 is 1.50 bits per heavy atom. The predicted octanol–water partition coefficient (Wildman–Crippen LogP) is 9.47. The van der Waals surface area contributed by atoms with E-state index in [-0.39, 0.29) is 0 Å². The van der Waals surface area contributed by atoms with Crippen molar-refractivity contribution in [2.45, 2.75) is 101 Å². The topological polar surface area (TPSA) is 12.5 Å². The Morgan fingerprint density at radius 2 is 1.08 bits per heavy atom. The maximum Gasteiger partial charge on any atom is 0.118 e. The standard InChI is InChI=1S/C12H18O.C11H23N.C11H16/c1-12(2,3)9-10-5-7-11(13-4)8-6-10;1-11(2,3)7-10-12-8-5-4-6-9-12;1-11(2,3)9-10-7-5-4-6-8-10/h5-8H,9H2,1-4H3;4-10H2,1-3H3;4-8H,9H2,1-3H3. The first-order chi connectivity index (χ1) is 16.7. The van der Waals surface area contributed by atoms with E-state index in [0.717, 1.165) is 18.6 Å². The first-order valence-electron chi connectivity index (χ1n) is 14.1. The summed E-state index contributed by atoms with van der Waals surface area (Å²) in [6.45, 7) is 24.5. The summed E-state index contributed by atoms with van der Waals surface area (Å²) in [6, 6.07) is 18.9. The lowest BCUT2D eigenvalue weighted by Crippen LogP contribution is -2.32. The highest BCUT2D eigenvalue weighted by atomic mass is 16.5. The highest BCUT2D eigenvalue weighted by molar-refractivity contribution is 5.27. The Hall–Kier alpha value is -1.80. The van der Waals surface area contributed by atoms with Crippen molar-refractivity contribution in [3.05, 3.63) is 65.7 Å². The van der Waals surface area contributed by atoms with E-state index in [2.05, 4.69) is 110 Å². The average Bonchev–Trinajstić information content (AvgIpc) is 2.78. The molecule has 0 N–H and O–H groups in total. The van der Waals surface area contributed by atoms with E-state index in [9.17, 15) is 0 Å².